The van der Waals surface area contributed by atoms with E-state index >= 15 is 0 Å². The lowest BCUT2D eigenvalue weighted by Gasteiger charge is -2.05. The van der Waals surface area contributed by atoms with E-state index in [1.54, 1.807) is 18.3 Å². The number of carbonyl (C=O) groups excluding carboxylic acids is 1. The number of nitrogens with zero attached hydrogens (tertiary/aromatic N) is 3. The van der Waals surface area contributed by atoms with Crippen LogP contribution in [0.2, 0.25) is 0 Å². The van der Waals surface area contributed by atoms with Gasteiger partial charge in [-0.2, -0.15) is 0 Å². The number of hydrogen-bond donors (Lipinski definition) is 0. The number of rotatable bonds is 6. The quantitative estimate of drug-likeness (QED) is 0.191. The number of hydrogen-bond acceptors (Lipinski definition) is 7. The number of aliphatic imine (C=N–C) groups is 1. The van der Waals surface area contributed by atoms with Crippen LogP contribution in [0, 0.1) is 27.2 Å². The van der Waals surface area contributed by atoms with Crippen LogP contribution >= 0.6 is 0 Å². The second-order valence-corrected chi connectivity index (χ2v) is 6.31. The molecule has 0 aliphatic heterocycles. The third-order valence-electron chi connectivity index (χ3n) is 4.01. The number of esters is 1. The standard InChI is InChI=1S/C21H15N3O6/c1-14-3-2-4-17(9-14)22-13-15-5-7-20(8-6-15)30-21(25)16-10-18(23(26)27)12-19(11-16)24(28)29/h2-13H,1H3. The molecule has 0 saturated heterocycles. The van der Waals surface area contributed by atoms with Crippen LogP contribution in [-0.2, 0) is 0 Å². The molecule has 0 spiro atoms. The zero-order valence-corrected chi connectivity index (χ0v) is 15.7. The normalized spacial score (nSPS) is 10.7. The van der Waals surface area contributed by atoms with E-state index in [9.17, 15) is 25.0 Å². The minimum Gasteiger partial charge on any atom is -0.423 e. The van der Waals surface area contributed by atoms with Gasteiger partial charge >= 0.3 is 5.97 Å². The van der Waals surface area contributed by atoms with Gasteiger partial charge in [0, 0.05) is 18.3 Å². The first-order valence-corrected chi connectivity index (χ1v) is 8.69. The monoisotopic (exact) mass is 405 g/mol. The topological polar surface area (TPSA) is 125 Å². The molecule has 30 heavy (non-hydrogen) atoms. The van der Waals surface area contributed by atoms with Gasteiger partial charge in [0.25, 0.3) is 11.4 Å². The summed E-state index contributed by atoms with van der Waals surface area (Å²) in [5.41, 5.74) is 1.23. The maximum Gasteiger partial charge on any atom is 0.344 e. The first-order valence-electron chi connectivity index (χ1n) is 8.69. The molecule has 0 radical (unpaired) electrons. The van der Waals surface area contributed by atoms with E-state index < -0.39 is 27.2 Å². The van der Waals surface area contributed by atoms with Gasteiger partial charge in [-0.15, -0.1) is 0 Å². The molecule has 0 unspecified atom stereocenters. The molecule has 0 atom stereocenters. The Labute approximate surface area is 170 Å². The summed E-state index contributed by atoms with van der Waals surface area (Å²) in [5, 5.41) is 21.9. The van der Waals surface area contributed by atoms with Crippen LogP contribution in [-0.4, -0.2) is 22.0 Å². The maximum atomic E-state index is 12.3. The highest BCUT2D eigenvalue weighted by Crippen LogP contribution is 2.24. The Balaban J connectivity index is 1.74. The van der Waals surface area contributed by atoms with Crippen molar-refractivity contribution in [2.75, 3.05) is 0 Å². The Morgan fingerprint density at radius 3 is 2.13 bits per heavy atom. The predicted molar refractivity (Wildman–Crippen MR) is 110 cm³/mol. The maximum absolute atomic E-state index is 12.3. The molecule has 3 aromatic carbocycles. The van der Waals surface area contributed by atoms with E-state index in [0.29, 0.717) is 0 Å². The van der Waals surface area contributed by atoms with Gasteiger partial charge in [0.05, 0.1) is 27.2 Å². The van der Waals surface area contributed by atoms with Crippen LogP contribution in [0.5, 0.6) is 5.75 Å². The molecule has 3 rings (SSSR count). The molecule has 0 aliphatic rings. The van der Waals surface area contributed by atoms with Gasteiger partial charge in [-0.25, -0.2) is 4.79 Å². The third kappa shape index (κ3) is 5.10. The number of nitro benzene ring substituents is 2. The fourth-order valence-electron chi connectivity index (χ4n) is 2.57. The van der Waals surface area contributed by atoms with Crippen LogP contribution < -0.4 is 4.74 Å². The van der Waals surface area contributed by atoms with Crippen LogP contribution in [0.15, 0.2) is 71.7 Å². The smallest absolute Gasteiger partial charge is 0.344 e. The van der Waals surface area contributed by atoms with E-state index in [1.807, 2.05) is 31.2 Å². The first-order chi connectivity index (χ1) is 14.3. The number of non-ortho nitro benzene ring substituents is 2. The second kappa shape index (κ2) is 8.74. The summed E-state index contributed by atoms with van der Waals surface area (Å²) in [4.78, 5) is 36.9. The fraction of sp³-hybridized carbons (Fsp3) is 0.0476. The van der Waals surface area contributed by atoms with E-state index in [1.165, 1.54) is 12.1 Å². The highest BCUT2D eigenvalue weighted by Gasteiger charge is 2.21. The zero-order chi connectivity index (χ0) is 21.7. The van der Waals surface area contributed by atoms with Gasteiger partial charge in [0.1, 0.15) is 5.75 Å². The fourth-order valence-corrected chi connectivity index (χ4v) is 2.57. The summed E-state index contributed by atoms with van der Waals surface area (Å²) in [7, 11) is 0. The summed E-state index contributed by atoms with van der Waals surface area (Å²) in [6.45, 7) is 1.97. The SMILES string of the molecule is Cc1cccc(N=Cc2ccc(OC(=O)c3cc([N+](=O)[O-])cc([N+](=O)[O-])c3)cc2)c1. The Hall–Kier alpha value is -4.40. The van der Waals surface area contributed by atoms with Crippen molar-refractivity contribution in [2.24, 2.45) is 4.99 Å². The lowest BCUT2D eigenvalue weighted by molar-refractivity contribution is -0.394. The van der Waals surface area contributed by atoms with Crippen LogP contribution in [0.25, 0.3) is 0 Å². The van der Waals surface area contributed by atoms with Gasteiger partial charge in [-0.1, -0.05) is 12.1 Å². The van der Waals surface area contributed by atoms with Crippen molar-refractivity contribution < 1.29 is 19.4 Å². The second-order valence-electron chi connectivity index (χ2n) is 6.31. The van der Waals surface area contributed by atoms with E-state index in [4.69, 9.17) is 4.74 Å². The molecule has 150 valence electrons. The van der Waals surface area contributed by atoms with Gasteiger partial charge in [0.2, 0.25) is 0 Å². The molecular formula is C21H15N3O6. The average Bonchev–Trinajstić information content (AvgIpc) is 2.73. The van der Waals surface area contributed by atoms with Crippen molar-refractivity contribution >= 4 is 29.2 Å². The zero-order valence-electron chi connectivity index (χ0n) is 15.7. The lowest BCUT2D eigenvalue weighted by Crippen LogP contribution is -2.09. The number of carbonyl (C=O) groups is 1. The van der Waals surface area contributed by atoms with E-state index in [2.05, 4.69) is 4.99 Å². The molecular weight excluding hydrogens is 390 g/mol. The molecule has 9 heteroatoms. The van der Waals surface area contributed by atoms with Crippen LogP contribution in [0.1, 0.15) is 21.5 Å². The Morgan fingerprint density at radius 1 is 0.933 bits per heavy atom. The minimum absolute atomic E-state index is 0.182. The summed E-state index contributed by atoms with van der Waals surface area (Å²) in [6, 6.07) is 16.7. The summed E-state index contributed by atoms with van der Waals surface area (Å²) in [6.07, 6.45) is 1.66. The molecule has 0 bridgehead atoms. The highest BCUT2D eigenvalue weighted by molar-refractivity contribution is 5.92. The number of nitro groups is 2. The Morgan fingerprint density at radius 2 is 1.57 bits per heavy atom. The summed E-state index contributed by atoms with van der Waals surface area (Å²) >= 11 is 0. The molecule has 9 nitrogen and oxygen atoms in total. The highest BCUT2D eigenvalue weighted by atomic mass is 16.6. The third-order valence-corrected chi connectivity index (χ3v) is 4.01. The molecule has 0 N–H and O–H groups in total. The van der Waals surface area contributed by atoms with E-state index in [0.717, 1.165) is 35.0 Å². The molecule has 0 aliphatic carbocycles. The van der Waals surface area contributed by atoms with Crippen molar-refractivity contribution in [1.82, 2.24) is 0 Å². The lowest BCUT2D eigenvalue weighted by atomic mass is 10.1. The van der Waals surface area contributed by atoms with Crippen LogP contribution in [0.4, 0.5) is 17.1 Å². The molecule has 0 saturated carbocycles. The Bertz CT molecular complexity index is 1120. The number of ether oxygens (including phenoxy) is 1. The molecule has 0 amide bonds. The minimum atomic E-state index is -0.942. The van der Waals surface area contributed by atoms with E-state index in [-0.39, 0.29) is 11.3 Å². The van der Waals surface area contributed by atoms with Crippen molar-refractivity contribution in [3.8, 4) is 5.75 Å². The average molecular weight is 405 g/mol. The van der Waals surface area contributed by atoms with Crippen LogP contribution in [0.3, 0.4) is 0 Å². The molecule has 3 aromatic rings. The first kappa shape index (κ1) is 20.3. The molecule has 0 fully saturated rings. The molecule has 0 aromatic heterocycles. The molecule has 0 heterocycles. The van der Waals surface area contributed by atoms with Crippen molar-refractivity contribution in [3.05, 3.63) is 104 Å². The van der Waals surface area contributed by atoms with Gasteiger partial charge in [-0.3, -0.25) is 25.2 Å². The number of benzene rings is 3. The van der Waals surface area contributed by atoms with Gasteiger partial charge < -0.3 is 4.74 Å². The summed E-state index contributed by atoms with van der Waals surface area (Å²) in [5.74, 6) is -0.759. The van der Waals surface area contributed by atoms with Gasteiger partial charge in [0.15, 0.2) is 0 Å². The summed E-state index contributed by atoms with van der Waals surface area (Å²) < 4.78 is 5.17. The number of aryl methyl sites for hydroxylation is 1. The predicted octanol–water partition coefficient (Wildman–Crippen LogP) is 4.78. The Kier molecular flexibility index (Phi) is 5.92. The van der Waals surface area contributed by atoms with Gasteiger partial charge in [-0.05, 0) is 54.4 Å². The van der Waals surface area contributed by atoms with Crippen molar-refractivity contribution in [1.29, 1.82) is 0 Å². The largest absolute Gasteiger partial charge is 0.423 e. The van der Waals surface area contributed by atoms with Crippen molar-refractivity contribution in [3.63, 3.8) is 0 Å². The van der Waals surface area contributed by atoms with Crippen molar-refractivity contribution in [2.45, 2.75) is 6.92 Å².